The summed E-state index contributed by atoms with van der Waals surface area (Å²) >= 11 is 0. The molecule has 22 heavy (non-hydrogen) atoms. The van der Waals surface area contributed by atoms with E-state index in [0.29, 0.717) is 0 Å². The molecule has 2 bridgehead atoms. The topological polar surface area (TPSA) is 77.4 Å². The van der Waals surface area contributed by atoms with Gasteiger partial charge in [-0.1, -0.05) is 48.5 Å². The Morgan fingerprint density at radius 2 is 1.14 bits per heavy atom. The lowest BCUT2D eigenvalue weighted by Crippen LogP contribution is -2.51. The maximum Gasteiger partial charge on any atom is 0.308 e. The Morgan fingerprint density at radius 3 is 1.45 bits per heavy atom. The van der Waals surface area contributed by atoms with Crippen LogP contribution >= 0.6 is 0 Å². The van der Waals surface area contributed by atoms with Crippen LogP contribution in [-0.2, 0) is 9.59 Å². The van der Waals surface area contributed by atoms with Gasteiger partial charge in [0, 0.05) is 23.7 Å². The molecule has 2 unspecified atom stereocenters. The van der Waals surface area contributed by atoms with Crippen molar-refractivity contribution in [3.63, 3.8) is 0 Å². The summed E-state index contributed by atoms with van der Waals surface area (Å²) in [6, 6.07) is 15.1. The Labute approximate surface area is 127 Å². The predicted octanol–water partition coefficient (Wildman–Crippen LogP) is 1.34. The summed E-state index contributed by atoms with van der Waals surface area (Å²) in [4.78, 5) is 23.5. The fourth-order valence-corrected chi connectivity index (χ4v) is 4.26. The van der Waals surface area contributed by atoms with E-state index >= 15 is 0 Å². The molecule has 0 heterocycles. The minimum absolute atomic E-state index is 0.433. The highest BCUT2D eigenvalue weighted by Gasteiger charge is 2.53. The van der Waals surface area contributed by atoms with Crippen molar-refractivity contribution < 1.29 is 19.8 Å². The number of carboxylic acids is 2. The van der Waals surface area contributed by atoms with Crippen LogP contribution in [0.5, 0.6) is 0 Å². The van der Waals surface area contributed by atoms with Gasteiger partial charge in [-0.2, -0.15) is 0 Å². The Morgan fingerprint density at radius 1 is 0.773 bits per heavy atom. The molecule has 2 aromatic carbocycles. The first-order valence-electron chi connectivity index (χ1n) is 7.22. The Hall–Kier alpha value is -2.62. The van der Waals surface area contributed by atoms with E-state index in [1.54, 1.807) is 0 Å². The summed E-state index contributed by atoms with van der Waals surface area (Å²) < 4.78 is 0. The zero-order valence-electron chi connectivity index (χ0n) is 11.6. The molecule has 2 atom stereocenters. The van der Waals surface area contributed by atoms with Gasteiger partial charge in [0.25, 0.3) is 0 Å². The molecule has 0 saturated carbocycles. The maximum atomic E-state index is 11.8. The van der Waals surface area contributed by atoms with Gasteiger partial charge in [0.2, 0.25) is 0 Å². The van der Waals surface area contributed by atoms with Crippen LogP contribution in [0.15, 0.2) is 48.5 Å². The van der Waals surface area contributed by atoms with Crippen LogP contribution in [0.25, 0.3) is 0 Å². The molecule has 4 nitrogen and oxygen atoms in total. The van der Waals surface area contributed by atoms with E-state index in [2.05, 4.69) is 0 Å². The van der Waals surface area contributed by atoms with Crippen molar-refractivity contribution in [3.05, 3.63) is 70.8 Å². The van der Waals surface area contributed by atoms with E-state index < -0.39 is 35.6 Å². The van der Waals surface area contributed by atoms with Gasteiger partial charge in [0.15, 0.2) is 0 Å². The summed E-state index contributed by atoms with van der Waals surface area (Å²) in [6.07, 6.45) is 0. The van der Waals surface area contributed by atoms with Crippen LogP contribution in [0.3, 0.4) is 0 Å². The second-order valence-corrected chi connectivity index (χ2v) is 5.92. The molecule has 2 aromatic rings. The highest BCUT2D eigenvalue weighted by molar-refractivity contribution is 5.85. The van der Waals surface area contributed by atoms with Crippen molar-refractivity contribution in [1.29, 1.82) is 0 Å². The van der Waals surface area contributed by atoms with Crippen LogP contribution < -0.4 is 5.11 Å². The molecule has 5 rings (SSSR count). The second-order valence-electron chi connectivity index (χ2n) is 5.92. The van der Waals surface area contributed by atoms with Crippen molar-refractivity contribution in [3.8, 4) is 0 Å². The van der Waals surface area contributed by atoms with Crippen molar-refractivity contribution in [2.45, 2.75) is 11.8 Å². The van der Waals surface area contributed by atoms with Crippen LogP contribution in [0, 0.1) is 11.8 Å². The Balaban J connectivity index is 2.06. The number of benzene rings is 2. The van der Waals surface area contributed by atoms with Gasteiger partial charge in [-0.15, -0.1) is 0 Å². The highest BCUT2D eigenvalue weighted by atomic mass is 16.4. The number of hydrogen-bond acceptors (Lipinski definition) is 3. The Kier molecular flexibility index (Phi) is 2.64. The van der Waals surface area contributed by atoms with Crippen molar-refractivity contribution in [2.75, 3.05) is 0 Å². The molecular formula is C18H13O4-. The first-order chi connectivity index (χ1) is 10.6. The lowest BCUT2D eigenvalue weighted by atomic mass is 9.54. The number of carbonyl (C=O) groups is 2. The summed E-state index contributed by atoms with van der Waals surface area (Å²) in [5, 5.41) is 21.3. The highest BCUT2D eigenvalue weighted by Crippen LogP contribution is 2.58. The molecule has 0 fully saturated rings. The molecule has 3 aliphatic carbocycles. The maximum absolute atomic E-state index is 11.8. The lowest BCUT2D eigenvalue weighted by Gasteiger charge is -2.49. The molecule has 4 heteroatoms. The number of fused-ring (bicyclic) bond motifs is 1. The molecule has 0 aromatic heterocycles. The van der Waals surface area contributed by atoms with Crippen molar-refractivity contribution >= 4 is 11.9 Å². The van der Waals surface area contributed by atoms with E-state index in [0.717, 1.165) is 22.3 Å². The van der Waals surface area contributed by atoms with Gasteiger partial charge < -0.3 is 15.0 Å². The molecule has 110 valence electrons. The molecule has 0 radical (unpaired) electrons. The third-order valence-electron chi connectivity index (χ3n) is 4.99. The van der Waals surface area contributed by atoms with Gasteiger partial charge >= 0.3 is 5.97 Å². The fraction of sp³-hybridized carbons (Fsp3) is 0.222. The molecule has 0 amide bonds. The van der Waals surface area contributed by atoms with Crippen molar-refractivity contribution in [1.82, 2.24) is 0 Å². The van der Waals surface area contributed by atoms with E-state index in [-0.39, 0.29) is 0 Å². The van der Waals surface area contributed by atoms with Crippen LogP contribution in [0.1, 0.15) is 34.1 Å². The second kappa shape index (κ2) is 4.44. The van der Waals surface area contributed by atoms with Crippen molar-refractivity contribution in [2.24, 2.45) is 11.8 Å². The standard InChI is InChI=1S/C18H14O4/c19-17(20)15-13-9-5-1-2-6-10(9)14(16(15)18(21)22)12-8-4-3-7-11(12)13/h1-8,13-16H,(H,19,20)(H,21,22)/p-1. The fourth-order valence-electron chi connectivity index (χ4n) is 4.26. The van der Waals surface area contributed by atoms with Crippen LogP contribution in [0.2, 0.25) is 0 Å². The Bertz CT molecular complexity index is 682. The number of aliphatic carboxylic acids is 2. The average Bonchev–Trinajstić information content (AvgIpc) is 2.53. The van der Waals surface area contributed by atoms with Gasteiger partial charge in [-0.3, -0.25) is 4.79 Å². The summed E-state index contributed by atoms with van der Waals surface area (Å²) in [5.41, 5.74) is 3.68. The van der Waals surface area contributed by atoms with Gasteiger partial charge in [-0.25, -0.2) is 0 Å². The first kappa shape index (κ1) is 13.1. The number of carbonyl (C=O) groups excluding carboxylic acids is 1. The molecule has 0 saturated heterocycles. The number of rotatable bonds is 2. The molecule has 0 aliphatic heterocycles. The minimum Gasteiger partial charge on any atom is -0.550 e. The molecule has 0 spiro atoms. The average molecular weight is 293 g/mol. The normalized spacial score (nSPS) is 27.8. The van der Waals surface area contributed by atoms with E-state index in [1.807, 2.05) is 48.5 Å². The third-order valence-corrected chi connectivity index (χ3v) is 4.99. The van der Waals surface area contributed by atoms with E-state index in [9.17, 15) is 19.8 Å². The zero-order valence-corrected chi connectivity index (χ0v) is 11.6. The largest absolute Gasteiger partial charge is 0.550 e. The summed E-state index contributed by atoms with van der Waals surface area (Å²) in [7, 11) is 0. The predicted molar refractivity (Wildman–Crippen MR) is 76.2 cm³/mol. The monoisotopic (exact) mass is 293 g/mol. The van der Waals surface area contributed by atoms with E-state index in [1.165, 1.54) is 0 Å². The van der Waals surface area contributed by atoms with E-state index in [4.69, 9.17) is 0 Å². The molecule has 1 N–H and O–H groups in total. The lowest BCUT2D eigenvalue weighted by molar-refractivity contribution is -0.314. The molecule has 3 aliphatic rings. The van der Waals surface area contributed by atoms with Crippen LogP contribution in [0.4, 0.5) is 0 Å². The van der Waals surface area contributed by atoms with Crippen LogP contribution in [-0.4, -0.2) is 17.0 Å². The SMILES string of the molecule is O=C([O-])C1C2c3ccccc3C(c3ccccc32)C1C(=O)O. The number of carboxylic acid groups (broad SMARTS) is 2. The summed E-state index contributed by atoms with van der Waals surface area (Å²) in [6.45, 7) is 0. The third kappa shape index (κ3) is 1.52. The quantitative estimate of drug-likeness (QED) is 0.906. The van der Waals surface area contributed by atoms with Gasteiger partial charge in [0.1, 0.15) is 0 Å². The smallest absolute Gasteiger partial charge is 0.308 e. The minimum atomic E-state index is -1.29. The number of hydrogen-bond donors (Lipinski definition) is 1. The van der Waals surface area contributed by atoms with Gasteiger partial charge in [0.05, 0.1) is 5.92 Å². The molecular weight excluding hydrogens is 280 g/mol. The van der Waals surface area contributed by atoms with Gasteiger partial charge in [-0.05, 0) is 22.3 Å². The summed E-state index contributed by atoms with van der Waals surface area (Å²) in [5.74, 6) is -5.27. The first-order valence-corrected chi connectivity index (χ1v) is 7.22. The zero-order chi connectivity index (χ0) is 15.4.